The molecule has 1 aliphatic rings. The van der Waals surface area contributed by atoms with Gasteiger partial charge in [-0.3, -0.25) is 0 Å². The fraction of sp³-hybridized carbons (Fsp3) is 0.393. The molecule has 2 aromatic carbocycles. The van der Waals surface area contributed by atoms with Crippen molar-refractivity contribution >= 4 is 28.4 Å². The van der Waals surface area contributed by atoms with Crippen LogP contribution in [0.25, 0.3) is 22.7 Å². The van der Waals surface area contributed by atoms with Gasteiger partial charge in [-0.1, -0.05) is 31.2 Å². The summed E-state index contributed by atoms with van der Waals surface area (Å²) in [5.74, 6) is 2.10. The highest BCUT2D eigenvalue weighted by molar-refractivity contribution is 5.94. The number of rotatable bonds is 8. The van der Waals surface area contributed by atoms with Gasteiger partial charge in [-0.25, -0.2) is 0 Å². The van der Waals surface area contributed by atoms with E-state index in [0.717, 1.165) is 49.5 Å². The number of para-hydroxylation sites is 1. The van der Waals surface area contributed by atoms with Crippen LogP contribution in [0.5, 0.6) is 0 Å². The molecule has 0 saturated heterocycles. The Hall–Kier alpha value is -3.05. The highest BCUT2D eigenvalue weighted by Crippen LogP contribution is 2.37. The third-order valence-electron chi connectivity index (χ3n) is 6.36. The highest BCUT2D eigenvalue weighted by atomic mass is 16.3. The lowest BCUT2D eigenvalue weighted by Gasteiger charge is -2.38. The quantitative estimate of drug-likeness (QED) is 0.453. The van der Waals surface area contributed by atoms with Gasteiger partial charge >= 0.3 is 5.89 Å². The summed E-state index contributed by atoms with van der Waals surface area (Å²) in [6.07, 6.45) is 6.76. The Kier molecular flexibility index (Phi) is 6.89. The van der Waals surface area contributed by atoms with E-state index in [-0.39, 0.29) is 0 Å². The second-order valence-corrected chi connectivity index (χ2v) is 9.29. The summed E-state index contributed by atoms with van der Waals surface area (Å²) in [5.41, 5.74) is 6.89. The molecule has 0 spiro atoms. The molecular weight excluding hydrogens is 408 g/mol. The van der Waals surface area contributed by atoms with E-state index in [2.05, 4.69) is 116 Å². The van der Waals surface area contributed by atoms with Crippen molar-refractivity contribution in [2.24, 2.45) is 7.05 Å². The summed E-state index contributed by atoms with van der Waals surface area (Å²) >= 11 is 0. The second kappa shape index (κ2) is 9.84. The van der Waals surface area contributed by atoms with Crippen molar-refractivity contribution in [3.63, 3.8) is 0 Å². The molecule has 5 heteroatoms. The lowest BCUT2D eigenvalue weighted by molar-refractivity contribution is -0.651. The van der Waals surface area contributed by atoms with E-state index in [4.69, 9.17) is 4.42 Å². The number of oxazole rings is 1. The Morgan fingerprint density at radius 3 is 2.61 bits per heavy atom. The first-order valence-electron chi connectivity index (χ1n) is 11.9. The zero-order valence-corrected chi connectivity index (χ0v) is 20.9. The normalized spacial score (nSPS) is 14.8. The van der Waals surface area contributed by atoms with Crippen LogP contribution in [-0.4, -0.2) is 50.6 Å². The van der Waals surface area contributed by atoms with Crippen LogP contribution in [0.15, 0.2) is 58.8 Å². The van der Waals surface area contributed by atoms with Crippen molar-refractivity contribution in [3.8, 4) is 0 Å². The lowest BCUT2D eigenvalue weighted by Crippen LogP contribution is -2.37. The average Bonchev–Trinajstić information content (AvgIpc) is 3.10. The van der Waals surface area contributed by atoms with Crippen molar-refractivity contribution in [3.05, 3.63) is 71.4 Å². The van der Waals surface area contributed by atoms with Crippen LogP contribution < -0.4 is 9.47 Å². The van der Waals surface area contributed by atoms with Crippen LogP contribution in [-0.2, 0) is 7.05 Å². The summed E-state index contributed by atoms with van der Waals surface area (Å²) in [6.45, 7) is 7.53. The van der Waals surface area contributed by atoms with Gasteiger partial charge in [-0.05, 0) is 69.8 Å². The zero-order valence-electron chi connectivity index (χ0n) is 20.9. The number of nitrogens with zero attached hydrogens (tertiary/aromatic N) is 4. The number of benzene rings is 2. The fourth-order valence-corrected chi connectivity index (χ4v) is 4.59. The minimum absolute atomic E-state index is 0.857. The number of allylic oxidation sites excluding steroid dienone is 2. The first-order chi connectivity index (χ1) is 15.9. The van der Waals surface area contributed by atoms with E-state index in [1.807, 2.05) is 0 Å². The molecule has 0 amide bonds. The van der Waals surface area contributed by atoms with Crippen LogP contribution in [0.2, 0.25) is 0 Å². The predicted molar refractivity (Wildman–Crippen MR) is 138 cm³/mol. The number of anilines is 1. The third-order valence-corrected chi connectivity index (χ3v) is 6.36. The van der Waals surface area contributed by atoms with E-state index in [1.165, 1.54) is 28.2 Å². The average molecular weight is 446 g/mol. The van der Waals surface area contributed by atoms with Gasteiger partial charge in [0.2, 0.25) is 5.58 Å². The summed E-state index contributed by atoms with van der Waals surface area (Å²) < 4.78 is 8.40. The molecule has 5 nitrogen and oxygen atoms in total. The zero-order chi connectivity index (χ0) is 23.5. The Morgan fingerprint density at radius 2 is 1.85 bits per heavy atom. The lowest BCUT2D eigenvalue weighted by atomic mass is 9.98. The van der Waals surface area contributed by atoms with Gasteiger partial charge in [0.25, 0.3) is 5.52 Å². The van der Waals surface area contributed by atoms with E-state index >= 15 is 0 Å². The van der Waals surface area contributed by atoms with E-state index in [9.17, 15) is 0 Å². The smallest absolute Gasteiger partial charge is 0.374 e. The maximum absolute atomic E-state index is 6.26. The van der Waals surface area contributed by atoms with E-state index in [0.29, 0.717) is 0 Å². The molecule has 0 atom stereocenters. The van der Waals surface area contributed by atoms with Crippen molar-refractivity contribution in [1.29, 1.82) is 0 Å². The van der Waals surface area contributed by atoms with E-state index < -0.39 is 0 Å². The molecule has 4 rings (SSSR count). The largest absolute Gasteiger partial charge is 0.398 e. The molecule has 0 radical (unpaired) electrons. The van der Waals surface area contributed by atoms with Crippen LogP contribution >= 0.6 is 0 Å². The summed E-state index contributed by atoms with van der Waals surface area (Å²) in [4.78, 5) is 7.11. The standard InChI is InChI=1S/C28H37N4O/c1-7-15-32(17-10-16-29(3)4)27-19-22(23-11-8-9-12-24(23)30(27)5)20-28-31(6)25-18-21(2)13-14-26(25)33-28/h8-9,11-14,18-20H,7,10,15-17H2,1-6H3/q+1. The summed E-state index contributed by atoms with van der Waals surface area (Å²) in [6, 6.07) is 15.0. The fourth-order valence-electron chi connectivity index (χ4n) is 4.59. The van der Waals surface area contributed by atoms with Crippen molar-refractivity contribution in [2.75, 3.05) is 45.7 Å². The van der Waals surface area contributed by atoms with Gasteiger partial charge in [0.05, 0.1) is 6.08 Å². The molecule has 0 unspecified atom stereocenters. The summed E-state index contributed by atoms with van der Waals surface area (Å²) in [5, 5.41) is 0. The van der Waals surface area contributed by atoms with E-state index in [1.54, 1.807) is 0 Å². The first-order valence-corrected chi connectivity index (χ1v) is 11.9. The number of hydrogen-bond donors (Lipinski definition) is 0. The van der Waals surface area contributed by atoms with Gasteiger partial charge < -0.3 is 19.1 Å². The molecule has 0 fully saturated rings. The monoisotopic (exact) mass is 445 g/mol. The molecule has 0 aliphatic carbocycles. The maximum atomic E-state index is 6.26. The Bertz CT molecular complexity index is 1190. The molecule has 2 heterocycles. The number of fused-ring (bicyclic) bond motifs is 2. The molecule has 0 N–H and O–H groups in total. The molecule has 1 aromatic heterocycles. The minimum atomic E-state index is 0.857. The van der Waals surface area contributed by atoms with Gasteiger partial charge in [-0.15, -0.1) is 0 Å². The van der Waals surface area contributed by atoms with Gasteiger partial charge in [0.1, 0.15) is 12.9 Å². The Morgan fingerprint density at radius 1 is 1.06 bits per heavy atom. The van der Waals surface area contributed by atoms with Crippen LogP contribution in [0.1, 0.15) is 36.8 Å². The highest BCUT2D eigenvalue weighted by Gasteiger charge is 2.25. The predicted octanol–water partition coefficient (Wildman–Crippen LogP) is 5.06. The van der Waals surface area contributed by atoms with Gasteiger partial charge in [-0.2, -0.15) is 4.57 Å². The van der Waals surface area contributed by atoms with Gasteiger partial charge in [0.15, 0.2) is 0 Å². The Labute approximate surface area is 198 Å². The molecule has 0 bridgehead atoms. The number of aryl methyl sites for hydroxylation is 2. The topological polar surface area (TPSA) is 26.7 Å². The second-order valence-electron chi connectivity index (χ2n) is 9.29. The molecule has 3 aromatic rings. The van der Waals surface area contributed by atoms with Crippen molar-refractivity contribution in [1.82, 2.24) is 9.80 Å². The third kappa shape index (κ3) is 4.83. The first kappa shape index (κ1) is 23.1. The molecule has 33 heavy (non-hydrogen) atoms. The Balaban J connectivity index is 1.78. The molecule has 174 valence electrons. The van der Waals surface area contributed by atoms with Crippen LogP contribution in [0.3, 0.4) is 0 Å². The minimum Gasteiger partial charge on any atom is -0.398 e. The number of hydrogen-bond acceptors (Lipinski definition) is 4. The maximum Gasteiger partial charge on any atom is 0.374 e. The molecular formula is C28H37N4O+. The van der Waals surface area contributed by atoms with Crippen molar-refractivity contribution in [2.45, 2.75) is 26.7 Å². The SMILES string of the molecule is CCCN(CCCN(C)C)C1=C/C(=C/c2oc3ccc(C)cc3[n+]2C)c2ccccc2N1C. The van der Waals surface area contributed by atoms with Gasteiger partial charge in [0, 0.05) is 37.5 Å². The summed E-state index contributed by atoms with van der Waals surface area (Å²) in [7, 11) is 8.54. The number of aromatic nitrogens is 1. The molecule has 0 saturated carbocycles. The van der Waals surface area contributed by atoms with Crippen LogP contribution in [0.4, 0.5) is 5.69 Å². The molecule has 1 aliphatic heterocycles. The van der Waals surface area contributed by atoms with Crippen molar-refractivity contribution < 1.29 is 8.98 Å². The van der Waals surface area contributed by atoms with Crippen LogP contribution in [0, 0.1) is 6.92 Å².